The summed E-state index contributed by atoms with van der Waals surface area (Å²) in [6.07, 6.45) is 1.34. The molecule has 6 heteroatoms. The largest absolute Gasteiger partial charge is 0.457 e. The van der Waals surface area contributed by atoms with Gasteiger partial charge in [0.15, 0.2) is 0 Å². The normalized spacial score (nSPS) is 11.9. The van der Waals surface area contributed by atoms with E-state index in [0.717, 1.165) is 26.1 Å². The predicted molar refractivity (Wildman–Crippen MR) is 109 cm³/mol. The first kappa shape index (κ1) is 17.7. The van der Waals surface area contributed by atoms with Crippen molar-refractivity contribution in [1.82, 2.24) is 4.98 Å². The molecule has 4 aromatic rings. The quantitative estimate of drug-likeness (QED) is 0.404. The first-order chi connectivity index (χ1) is 13.2. The van der Waals surface area contributed by atoms with Crippen molar-refractivity contribution in [1.29, 1.82) is 0 Å². The summed E-state index contributed by atoms with van der Waals surface area (Å²) in [5, 5.41) is 10.2. The average molecular weight is 396 g/mol. The lowest BCUT2D eigenvalue weighted by Crippen LogP contribution is -1.85. The maximum Gasteiger partial charge on any atom is 0.279 e. The minimum Gasteiger partial charge on any atom is -0.457 e. The van der Waals surface area contributed by atoms with Gasteiger partial charge in [0.05, 0.1) is 17.2 Å². The molecular weight excluding hydrogens is 378 g/mol. The van der Waals surface area contributed by atoms with E-state index >= 15 is 0 Å². The van der Waals surface area contributed by atoms with Crippen molar-refractivity contribution in [2.75, 3.05) is 0 Å². The lowest BCUT2D eigenvalue weighted by atomic mass is 10.3. The number of aliphatic hydroxyl groups excluding tert-OH is 1. The summed E-state index contributed by atoms with van der Waals surface area (Å²) < 4.78 is 11.6. The minimum absolute atomic E-state index is 0.455. The summed E-state index contributed by atoms with van der Waals surface area (Å²) in [6.45, 7) is 1.77. The van der Waals surface area contributed by atoms with Gasteiger partial charge in [-0.3, -0.25) is 0 Å². The van der Waals surface area contributed by atoms with Gasteiger partial charge in [-0.15, -0.1) is 11.3 Å². The van der Waals surface area contributed by atoms with Crippen LogP contribution in [0.25, 0.3) is 9.75 Å². The van der Waals surface area contributed by atoms with E-state index in [1.54, 1.807) is 24.5 Å². The number of aliphatic hydroxyl groups is 1. The Morgan fingerprint density at radius 1 is 0.778 bits per heavy atom. The van der Waals surface area contributed by atoms with E-state index in [2.05, 4.69) is 4.98 Å². The number of aromatic nitrogens is 1. The van der Waals surface area contributed by atoms with Crippen LogP contribution in [0.2, 0.25) is 0 Å². The number of hydrogen-bond donors (Lipinski definition) is 1. The van der Waals surface area contributed by atoms with Gasteiger partial charge in [0.2, 0.25) is 0 Å². The smallest absolute Gasteiger partial charge is 0.279 e. The van der Waals surface area contributed by atoms with Gasteiger partial charge >= 0.3 is 0 Å². The highest BCUT2D eigenvalue weighted by Gasteiger charge is 2.11. The summed E-state index contributed by atoms with van der Waals surface area (Å²) in [5.74, 6) is 2.24. The van der Waals surface area contributed by atoms with E-state index in [-0.39, 0.29) is 0 Å². The summed E-state index contributed by atoms with van der Waals surface area (Å²) >= 11 is 3.04. The van der Waals surface area contributed by atoms with Crippen LogP contribution in [0, 0.1) is 0 Å². The highest BCUT2D eigenvalue weighted by Crippen LogP contribution is 2.38. The van der Waals surface area contributed by atoms with E-state index < -0.39 is 6.10 Å². The van der Waals surface area contributed by atoms with Crippen LogP contribution in [0.3, 0.4) is 0 Å². The number of thiazole rings is 1. The molecule has 1 atom stereocenters. The van der Waals surface area contributed by atoms with Gasteiger partial charge in [-0.05, 0) is 55.5 Å². The van der Waals surface area contributed by atoms with Crippen LogP contribution in [0.1, 0.15) is 17.9 Å². The van der Waals surface area contributed by atoms with Crippen molar-refractivity contribution in [3.63, 3.8) is 0 Å². The third-order valence-corrected chi connectivity index (χ3v) is 6.10. The molecular formula is C21H17NO3S2. The molecule has 0 aliphatic rings. The molecule has 0 saturated heterocycles. The van der Waals surface area contributed by atoms with Crippen LogP contribution >= 0.6 is 22.7 Å². The van der Waals surface area contributed by atoms with E-state index in [1.165, 1.54) is 11.3 Å². The molecule has 0 saturated carbocycles. The zero-order valence-electron chi connectivity index (χ0n) is 14.5. The third kappa shape index (κ3) is 4.36. The number of thiophene rings is 1. The zero-order valence-corrected chi connectivity index (χ0v) is 16.2. The second-order valence-electron chi connectivity index (χ2n) is 5.86. The Bertz CT molecular complexity index is 1010. The molecule has 0 amide bonds. The van der Waals surface area contributed by atoms with Crippen LogP contribution in [0.15, 0.2) is 72.9 Å². The molecule has 0 bridgehead atoms. The molecule has 0 aliphatic heterocycles. The Labute approximate surface area is 165 Å². The summed E-state index contributed by atoms with van der Waals surface area (Å²) in [7, 11) is 0. The maximum atomic E-state index is 9.66. The fraction of sp³-hybridized carbons (Fsp3) is 0.0952. The fourth-order valence-corrected chi connectivity index (χ4v) is 4.24. The van der Waals surface area contributed by atoms with Crippen LogP contribution in [0.4, 0.5) is 0 Å². The molecule has 0 radical (unpaired) electrons. The Hall–Kier alpha value is -2.67. The Kier molecular flexibility index (Phi) is 5.20. The molecule has 2 aromatic carbocycles. The monoisotopic (exact) mass is 395 g/mol. The van der Waals surface area contributed by atoms with Gasteiger partial charge in [-0.1, -0.05) is 29.5 Å². The second-order valence-corrected chi connectivity index (χ2v) is 7.97. The minimum atomic E-state index is -0.455. The SMILES string of the molecule is CC(O)c1ccc(-c2cnc(Oc3ccc(Oc4ccccc4)cc3)s2)s1. The molecule has 0 spiro atoms. The van der Waals surface area contributed by atoms with E-state index in [4.69, 9.17) is 9.47 Å². The maximum absolute atomic E-state index is 9.66. The van der Waals surface area contributed by atoms with Crippen LogP contribution < -0.4 is 9.47 Å². The summed E-state index contributed by atoms with van der Waals surface area (Å²) in [4.78, 5) is 7.37. The van der Waals surface area contributed by atoms with Crippen molar-refractivity contribution in [2.24, 2.45) is 0 Å². The molecule has 2 heterocycles. The Morgan fingerprint density at radius 2 is 1.44 bits per heavy atom. The lowest BCUT2D eigenvalue weighted by Gasteiger charge is -2.06. The highest BCUT2D eigenvalue weighted by atomic mass is 32.1. The van der Waals surface area contributed by atoms with E-state index in [0.29, 0.717) is 10.9 Å². The molecule has 1 unspecified atom stereocenters. The Morgan fingerprint density at radius 3 is 2.11 bits per heavy atom. The number of hydrogen-bond acceptors (Lipinski definition) is 6. The molecule has 27 heavy (non-hydrogen) atoms. The third-order valence-electron chi connectivity index (χ3n) is 3.77. The molecule has 2 aromatic heterocycles. The number of ether oxygens (including phenoxy) is 2. The predicted octanol–water partition coefficient (Wildman–Crippen LogP) is 6.51. The van der Waals surface area contributed by atoms with Gasteiger partial charge in [-0.2, -0.15) is 0 Å². The first-order valence-electron chi connectivity index (χ1n) is 8.42. The van der Waals surface area contributed by atoms with Crippen LogP contribution in [-0.4, -0.2) is 10.1 Å². The molecule has 4 nitrogen and oxygen atoms in total. The summed E-state index contributed by atoms with van der Waals surface area (Å²) in [5.41, 5.74) is 0. The van der Waals surface area contributed by atoms with Gasteiger partial charge in [0, 0.05) is 9.75 Å². The number of nitrogens with zero attached hydrogens (tertiary/aromatic N) is 1. The highest BCUT2D eigenvalue weighted by molar-refractivity contribution is 7.22. The molecule has 136 valence electrons. The Balaban J connectivity index is 1.42. The zero-order chi connectivity index (χ0) is 18.6. The van der Waals surface area contributed by atoms with Crippen molar-refractivity contribution in [2.45, 2.75) is 13.0 Å². The molecule has 0 fully saturated rings. The second kappa shape index (κ2) is 7.92. The first-order valence-corrected chi connectivity index (χ1v) is 10.1. The van der Waals surface area contributed by atoms with Crippen molar-refractivity contribution in [3.8, 4) is 32.2 Å². The molecule has 1 N–H and O–H groups in total. The topological polar surface area (TPSA) is 51.6 Å². The van der Waals surface area contributed by atoms with E-state index in [1.807, 2.05) is 66.7 Å². The van der Waals surface area contributed by atoms with Crippen molar-refractivity contribution < 1.29 is 14.6 Å². The number of para-hydroxylation sites is 1. The standard InChI is InChI=1S/C21H17NO3S2/c1-14(23)18-11-12-19(26-18)20-13-22-21(27-20)25-17-9-7-16(8-10-17)24-15-5-3-2-4-6-15/h2-14,23H,1H3. The number of benzene rings is 2. The van der Waals surface area contributed by atoms with Crippen LogP contribution in [-0.2, 0) is 0 Å². The van der Waals surface area contributed by atoms with Crippen molar-refractivity contribution >= 4 is 22.7 Å². The van der Waals surface area contributed by atoms with Crippen molar-refractivity contribution in [3.05, 3.63) is 77.8 Å². The van der Waals surface area contributed by atoms with Gasteiger partial charge in [0.25, 0.3) is 5.19 Å². The fourth-order valence-electron chi connectivity index (χ4n) is 2.43. The van der Waals surface area contributed by atoms with Crippen LogP contribution in [0.5, 0.6) is 22.4 Å². The molecule has 4 rings (SSSR count). The van der Waals surface area contributed by atoms with Gasteiger partial charge < -0.3 is 14.6 Å². The van der Waals surface area contributed by atoms with Gasteiger partial charge in [0.1, 0.15) is 17.2 Å². The summed E-state index contributed by atoms with van der Waals surface area (Å²) in [6, 6.07) is 21.0. The van der Waals surface area contributed by atoms with E-state index in [9.17, 15) is 5.11 Å². The number of rotatable bonds is 6. The average Bonchev–Trinajstić information content (AvgIpc) is 3.34. The molecule has 0 aliphatic carbocycles. The lowest BCUT2D eigenvalue weighted by molar-refractivity contribution is 0.203. The van der Waals surface area contributed by atoms with Gasteiger partial charge in [-0.25, -0.2) is 4.98 Å².